The van der Waals surface area contributed by atoms with Gasteiger partial charge in [0.15, 0.2) is 6.10 Å². The standard InChI is InChI=1S/C28H40O11Si/c1-17(2)26(31)35-15-21(16-36-27(32)18(3)4)37-24(29)10-11-25(30)38-23-14-20(12-13-40(7)34)8-9-22(23)39-28(33)19(5)6/h20-23H,1,3,5,8-16H2,2,4,6-7H3. The molecule has 0 aromatic rings. The molecule has 12 heteroatoms. The van der Waals surface area contributed by atoms with Gasteiger partial charge in [0.05, 0.1) is 12.8 Å². The van der Waals surface area contributed by atoms with Crippen LogP contribution in [0.2, 0.25) is 12.6 Å². The van der Waals surface area contributed by atoms with Gasteiger partial charge in [-0.25, -0.2) is 14.4 Å². The van der Waals surface area contributed by atoms with E-state index in [0.29, 0.717) is 25.3 Å². The van der Waals surface area contributed by atoms with Gasteiger partial charge < -0.3 is 28.1 Å². The molecule has 40 heavy (non-hydrogen) atoms. The first kappa shape index (κ1) is 34.6. The molecule has 0 aliphatic heterocycles. The number of hydrogen-bond acceptors (Lipinski definition) is 11. The fraction of sp³-hybridized carbons (Fsp3) is 0.607. The van der Waals surface area contributed by atoms with E-state index in [2.05, 4.69) is 19.7 Å². The second kappa shape index (κ2) is 17.3. The maximum atomic E-state index is 12.6. The van der Waals surface area contributed by atoms with Gasteiger partial charge in [-0.2, -0.15) is 0 Å². The van der Waals surface area contributed by atoms with Crippen LogP contribution in [0, 0.1) is 5.92 Å². The second-order valence-corrected chi connectivity index (χ2v) is 11.9. The third kappa shape index (κ3) is 13.6. The molecule has 1 aliphatic carbocycles. The predicted octanol–water partition coefficient (Wildman–Crippen LogP) is 3.56. The summed E-state index contributed by atoms with van der Waals surface area (Å²) in [7, 11) is -1.64. The summed E-state index contributed by atoms with van der Waals surface area (Å²) in [5.41, 5.74) is 0.484. The van der Waals surface area contributed by atoms with Crippen LogP contribution in [0.15, 0.2) is 36.5 Å². The molecular weight excluding hydrogens is 540 g/mol. The molecule has 222 valence electrons. The Bertz CT molecular complexity index is 986. The Morgan fingerprint density at radius 1 is 0.775 bits per heavy atom. The third-order valence-electron chi connectivity index (χ3n) is 5.96. The van der Waals surface area contributed by atoms with Crippen LogP contribution in [0.25, 0.3) is 0 Å². The minimum absolute atomic E-state index is 0.132. The summed E-state index contributed by atoms with van der Waals surface area (Å²) in [5, 5.41) is 0. The predicted molar refractivity (Wildman–Crippen MR) is 144 cm³/mol. The van der Waals surface area contributed by atoms with E-state index in [1.54, 1.807) is 6.55 Å². The molecule has 1 aliphatic rings. The Kier molecular flexibility index (Phi) is 15.0. The molecule has 1 saturated carbocycles. The molecule has 0 heterocycles. The van der Waals surface area contributed by atoms with Crippen molar-refractivity contribution in [3.05, 3.63) is 36.5 Å². The van der Waals surface area contributed by atoms with E-state index >= 15 is 0 Å². The molecule has 0 N–H and O–H groups in total. The molecule has 3 unspecified atom stereocenters. The largest absolute Gasteiger partial charge is 0.458 e. The fourth-order valence-electron chi connectivity index (χ4n) is 3.73. The SMILES string of the molecule is C=C(C)C(=O)OCC(COC(=O)C(=C)C)OC(=O)CCC(=O)OC1CC(CC[Si](C)=O)CCC1OC(=O)C(=C)C. The molecule has 1 rings (SSSR count). The van der Waals surface area contributed by atoms with E-state index in [-0.39, 0.29) is 35.5 Å². The molecule has 0 bridgehead atoms. The average Bonchev–Trinajstić information content (AvgIpc) is 2.88. The lowest BCUT2D eigenvalue weighted by molar-refractivity contribution is -0.173. The molecule has 0 amide bonds. The molecule has 1 fully saturated rings. The van der Waals surface area contributed by atoms with Crippen molar-refractivity contribution >= 4 is 38.5 Å². The molecule has 11 nitrogen and oxygen atoms in total. The highest BCUT2D eigenvalue weighted by Gasteiger charge is 2.36. The van der Waals surface area contributed by atoms with Crippen LogP contribution >= 0.6 is 0 Å². The lowest BCUT2D eigenvalue weighted by Gasteiger charge is -2.35. The van der Waals surface area contributed by atoms with Crippen molar-refractivity contribution in [1.29, 1.82) is 0 Å². The molecule has 3 atom stereocenters. The van der Waals surface area contributed by atoms with Crippen molar-refractivity contribution in [2.24, 2.45) is 5.92 Å². The van der Waals surface area contributed by atoms with Crippen LogP contribution < -0.4 is 0 Å². The zero-order valence-electron chi connectivity index (χ0n) is 23.8. The quantitative estimate of drug-likeness (QED) is 0.114. The smallest absolute Gasteiger partial charge is 0.333 e. The van der Waals surface area contributed by atoms with Crippen LogP contribution in [0.4, 0.5) is 0 Å². The van der Waals surface area contributed by atoms with Gasteiger partial charge in [0.25, 0.3) is 8.68 Å². The van der Waals surface area contributed by atoms with E-state index in [9.17, 15) is 28.4 Å². The van der Waals surface area contributed by atoms with Gasteiger partial charge in [-0.15, -0.1) is 0 Å². The second-order valence-electron chi connectivity index (χ2n) is 10.0. The number of rotatable bonds is 16. The summed E-state index contributed by atoms with van der Waals surface area (Å²) in [4.78, 5) is 60.6. The van der Waals surface area contributed by atoms with Gasteiger partial charge in [-0.1, -0.05) is 19.7 Å². The maximum Gasteiger partial charge on any atom is 0.333 e. The highest BCUT2D eigenvalue weighted by molar-refractivity contribution is 6.40. The number of ether oxygens (including phenoxy) is 5. The summed E-state index contributed by atoms with van der Waals surface area (Å²) in [6.07, 6.45) is -0.834. The summed E-state index contributed by atoms with van der Waals surface area (Å²) in [6.45, 7) is 15.8. The van der Waals surface area contributed by atoms with Crippen LogP contribution in [0.1, 0.15) is 59.3 Å². The number of carbonyl (C=O) groups is 5. The lowest BCUT2D eigenvalue weighted by Crippen LogP contribution is -2.40. The van der Waals surface area contributed by atoms with Crippen LogP contribution in [-0.2, 0) is 52.1 Å². The van der Waals surface area contributed by atoms with Crippen molar-refractivity contribution in [2.45, 2.75) is 90.2 Å². The molecule has 0 saturated heterocycles. The zero-order chi connectivity index (χ0) is 30.4. The Hall–Kier alpha value is -3.41. The normalized spacial score (nSPS) is 18.2. The molecule has 0 spiro atoms. The minimum Gasteiger partial charge on any atom is -0.458 e. The Morgan fingerprint density at radius 2 is 1.30 bits per heavy atom. The number of carbonyl (C=O) groups excluding carboxylic acids is 5. The number of hydrogen-bond donors (Lipinski definition) is 0. The average molecular weight is 581 g/mol. The summed E-state index contributed by atoms with van der Waals surface area (Å²) >= 11 is 0. The highest BCUT2D eigenvalue weighted by Crippen LogP contribution is 2.32. The topological polar surface area (TPSA) is 149 Å². The van der Waals surface area contributed by atoms with E-state index in [4.69, 9.17) is 23.7 Å². The molecular formula is C28H40O11Si. The monoisotopic (exact) mass is 580 g/mol. The van der Waals surface area contributed by atoms with Crippen LogP contribution in [0.3, 0.4) is 0 Å². The van der Waals surface area contributed by atoms with E-state index in [1.807, 2.05) is 0 Å². The summed E-state index contributed by atoms with van der Waals surface area (Å²) in [6, 6.07) is 0.586. The maximum absolute atomic E-state index is 12.6. The van der Waals surface area contributed by atoms with E-state index in [0.717, 1.165) is 6.42 Å². The first-order valence-corrected chi connectivity index (χ1v) is 15.2. The lowest BCUT2D eigenvalue weighted by atomic mass is 9.83. The molecule has 0 aromatic carbocycles. The van der Waals surface area contributed by atoms with Crippen molar-refractivity contribution < 1.29 is 52.1 Å². The van der Waals surface area contributed by atoms with E-state index in [1.165, 1.54) is 20.8 Å². The summed E-state index contributed by atoms with van der Waals surface area (Å²) < 4.78 is 37.9. The minimum atomic E-state index is -1.64. The van der Waals surface area contributed by atoms with Gasteiger partial charge >= 0.3 is 29.8 Å². The van der Waals surface area contributed by atoms with Crippen LogP contribution in [-0.4, -0.2) is 70.1 Å². The van der Waals surface area contributed by atoms with Gasteiger partial charge in [-0.05, 0) is 65.0 Å². The Morgan fingerprint density at radius 3 is 1.80 bits per heavy atom. The molecule has 0 aromatic heterocycles. The van der Waals surface area contributed by atoms with Gasteiger partial charge in [0.1, 0.15) is 25.4 Å². The third-order valence-corrected chi connectivity index (χ3v) is 6.96. The Labute approximate surface area is 236 Å². The first-order valence-electron chi connectivity index (χ1n) is 13.1. The van der Waals surface area contributed by atoms with Gasteiger partial charge in [0.2, 0.25) is 0 Å². The van der Waals surface area contributed by atoms with Gasteiger partial charge in [-0.3, -0.25) is 9.59 Å². The number of esters is 5. The van der Waals surface area contributed by atoms with Crippen molar-refractivity contribution in [2.75, 3.05) is 13.2 Å². The van der Waals surface area contributed by atoms with Crippen molar-refractivity contribution in [1.82, 2.24) is 0 Å². The van der Waals surface area contributed by atoms with Gasteiger partial charge in [0, 0.05) is 16.7 Å². The van der Waals surface area contributed by atoms with Crippen molar-refractivity contribution in [3.63, 3.8) is 0 Å². The zero-order valence-corrected chi connectivity index (χ0v) is 24.8. The highest BCUT2D eigenvalue weighted by atomic mass is 28.3. The first-order chi connectivity index (χ1) is 18.7. The summed E-state index contributed by atoms with van der Waals surface area (Å²) in [5.74, 6) is -3.36. The Balaban J connectivity index is 2.74. The molecule has 0 radical (unpaired) electrons. The van der Waals surface area contributed by atoms with Crippen molar-refractivity contribution in [3.8, 4) is 0 Å². The van der Waals surface area contributed by atoms with E-state index < -0.39 is 70.1 Å². The fourth-order valence-corrected chi connectivity index (χ4v) is 4.54. The van der Waals surface area contributed by atoms with Crippen LogP contribution in [0.5, 0.6) is 0 Å².